The molecule has 1 saturated carbocycles. The van der Waals surface area contributed by atoms with Crippen LogP contribution < -0.4 is 15.4 Å². The first-order valence-corrected chi connectivity index (χ1v) is 7.82. The molecule has 0 atom stereocenters. The van der Waals surface area contributed by atoms with E-state index in [9.17, 15) is 4.79 Å². The average molecular weight is 290 g/mol. The summed E-state index contributed by atoms with van der Waals surface area (Å²) in [5.74, 6) is 2.05. The van der Waals surface area contributed by atoms with Crippen molar-refractivity contribution in [2.45, 2.75) is 33.2 Å². The number of rotatable bonds is 9. The van der Waals surface area contributed by atoms with E-state index < -0.39 is 0 Å². The van der Waals surface area contributed by atoms with Crippen molar-refractivity contribution in [3.05, 3.63) is 29.8 Å². The van der Waals surface area contributed by atoms with Gasteiger partial charge in [-0.2, -0.15) is 0 Å². The summed E-state index contributed by atoms with van der Waals surface area (Å²) < 4.78 is 5.55. The van der Waals surface area contributed by atoms with Crippen molar-refractivity contribution < 1.29 is 9.53 Å². The minimum atomic E-state index is -0.0368. The summed E-state index contributed by atoms with van der Waals surface area (Å²) in [6, 6.07) is 7.90. The average Bonchev–Trinajstić information content (AvgIpc) is 3.27. The summed E-state index contributed by atoms with van der Waals surface area (Å²) in [4.78, 5) is 11.6. The summed E-state index contributed by atoms with van der Waals surface area (Å²) in [5.41, 5.74) is 1.17. The SMILES string of the molecule is CC(C)CNCc1cccc(OCC(=O)NCC2CC2)c1. The number of benzene rings is 1. The van der Waals surface area contributed by atoms with E-state index in [1.165, 1.54) is 18.4 Å². The molecule has 0 spiro atoms. The molecule has 4 nitrogen and oxygen atoms in total. The third-order valence-electron chi connectivity index (χ3n) is 3.43. The molecule has 0 aromatic heterocycles. The van der Waals surface area contributed by atoms with E-state index >= 15 is 0 Å². The lowest BCUT2D eigenvalue weighted by atomic mass is 10.2. The van der Waals surface area contributed by atoms with Gasteiger partial charge in [-0.25, -0.2) is 0 Å². The van der Waals surface area contributed by atoms with Gasteiger partial charge in [0.25, 0.3) is 5.91 Å². The summed E-state index contributed by atoms with van der Waals surface area (Å²) in [5, 5.41) is 6.30. The second kappa shape index (κ2) is 8.03. The number of carbonyl (C=O) groups excluding carboxylic acids is 1. The molecule has 1 aromatic rings. The zero-order valence-corrected chi connectivity index (χ0v) is 13.0. The van der Waals surface area contributed by atoms with E-state index in [2.05, 4.69) is 30.5 Å². The van der Waals surface area contributed by atoms with Gasteiger partial charge >= 0.3 is 0 Å². The first-order chi connectivity index (χ1) is 10.1. The molecule has 1 aliphatic rings. The zero-order chi connectivity index (χ0) is 15.1. The molecule has 1 aromatic carbocycles. The van der Waals surface area contributed by atoms with Crippen LogP contribution in [0.4, 0.5) is 0 Å². The third-order valence-corrected chi connectivity index (χ3v) is 3.43. The molecule has 2 rings (SSSR count). The lowest BCUT2D eigenvalue weighted by Gasteiger charge is -2.10. The second-order valence-electron chi connectivity index (χ2n) is 6.21. The van der Waals surface area contributed by atoms with Crippen molar-refractivity contribution in [3.63, 3.8) is 0 Å². The van der Waals surface area contributed by atoms with Crippen LogP contribution in [-0.2, 0) is 11.3 Å². The molecular weight excluding hydrogens is 264 g/mol. The van der Waals surface area contributed by atoms with Crippen molar-refractivity contribution in [2.24, 2.45) is 11.8 Å². The maximum absolute atomic E-state index is 11.6. The Kier molecular flexibility index (Phi) is 6.05. The standard InChI is InChI=1S/C17H26N2O2/c1-13(2)9-18-10-15-4-3-5-16(8-15)21-12-17(20)19-11-14-6-7-14/h3-5,8,13-14,18H,6-7,9-12H2,1-2H3,(H,19,20). The van der Waals surface area contributed by atoms with Gasteiger partial charge in [0.15, 0.2) is 6.61 Å². The van der Waals surface area contributed by atoms with Crippen molar-refractivity contribution in [3.8, 4) is 5.75 Å². The Hall–Kier alpha value is -1.55. The molecule has 116 valence electrons. The molecular formula is C17H26N2O2. The van der Waals surface area contributed by atoms with Gasteiger partial charge < -0.3 is 15.4 Å². The Labute approximate surface area is 127 Å². The monoisotopic (exact) mass is 290 g/mol. The molecule has 4 heteroatoms. The van der Waals surface area contributed by atoms with Crippen LogP contribution in [0, 0.1) is 11.8 Å². The first kappa shape index (κ1) is 15.8. The molecule has 0 aliphatic heterocycles. The van der Waals surface area contributed by atoms with E-state index in [1.54, 1.807) is 0 Å². The maximum atomic E-state index is 11.6. The van der Waals surface area contributed by atoms with Gasteiger partial charge in [0.2, 0.25) is 0 Å². The molecule has 0 bridgehead atoms. The van der Waals surface area contributed by atoms with Crippen LogP contribution in [0.15, 0.2) is 24.3 Å². The predicted molar refractivity (Wildman–Crippen MR) is 84.2 cm³/mol. The number of ether oxygens (including phenoxy) is 1. The van der Waals surface area contributed by atoms with Crippen LogP contribution in [0.1, 0.15) is 32.3 Å². The molecule has 0 saturated heterocycles. The lowest BCUT2D eigenvalue weighted by molar-refractivity contribution is -0.123. The number of hydrogen-bond acceptors (Lipinski definition) is 3. The van der Waals surface area contributed by atoms with Gasteiger partial charge in [-0.3, -0.25) is 4.79 Å². The summed E-state index contributed by atoms with van der Waals surface area (Å²) in [6.45, 7) is 7.08. The summed E-state index contributed by atoms with van der Waals surface area (Å²) >= 11 is 0. The second-order valence-corrected chi connectivity index (χ2v) is 6.21. The van der Waals surface area contributed by atoms with Crippen molar-refractivity contribution in [1.29, 1.82) is 0 Å². The fourth-order valence-corrected chi connectivity index (χ4v) is 2.03. The minimum Gasteiger partial charge on any atom is -0.484 e. The highest BCUT2D eigenvalue weighted by atomic mass is 16.5. The van der Waals surface area contributed by atoms with Crippen molar-refractivity contribution in [2.75, 3.05) is 19.7 Å². The smallest absolute Gasteiger partial charge is 0.257 e. The number of carbonyl (C=O) groups is 1. The first-order valence-electron chi connectivity index (χ1n) is 7.82. The van der Waals surface area contributed by atoms with Gasteiger partial charge in [-0.15, -0.1) is 0 Å². The van der Waals surface area contributed by atoms with Gasteiger partial charge in [0.1, 0.15) is 5.75 Å². The fourth-order valence-electron chi connectivity index (χ4n) is 2.03. The Morgan fingerprint density at radius 2 is 2.19 bits per heavy atom. The molecule has 1 fully saturated rings. The van der Waals surface area contributed by atoms with E-state index in [4.69, 9.17) is 4.74 Å². The van der Waals surface area contributed by atoms with Crippen LogP contribution in [0.3, 0.4) is 0 Å². The van der Waals surface area contributed by atoms with Gasteiger partial charge in [0.05, 0.1) is 0 Å². The maximum Gasteiger partial charge on any atom is 0.257 e. The summed E-state index contributed by atoms with van der Waals surface area (Å²) in [7, 11) is 0. The minimum absolute atomic E-state index is 0.0368. The topological polar surface area (TPSA) is 50.4 Å². The number of amides is 1. The highest BCUT2D eigenvalue weighted by Gasteiger charge is 2.21. The van der Waals surface area contributed by atoms with Crippen molar-refractivity contribution >= 4 is 5.91 Å². The quantitative estimate of drug-likeness (QED) is 0.734. The molecule has 21 heavy (non-hydrogen) atoms. The van der Waals surface area contributed by atoms with E-state index in [0.717, 1.165) is 25.4 Å². The Bertz CT molecular complexity index is 456. The Balaban J connectivity index is 1.70. The van der Waals surface area contributed by atoms with E-state index in [0.29, 0.717) is 11.8 Å². The molecule has 0 radical (unpaired) electrons. The lowest BCUT2D eigenvalue weighted by Crippen LogP contribution is -2.30. The van der Waals surface area contributed by atoms with Crippen LogP contribution in [0.5, 0.6) is 5.75 Å². The Morgan fingerprint density at radius 3 is 2.90 bits per heavy atom. The molecule has 0 heterocycles. The van der Waals surface area contributed by atoms with Gasteiger partial charge in [0, 0.05) is 13.1 Å². The highest BCUT2D eigenvalue weighted by Crippen LogP contribution is 2.27. The highest BCUT2D eigenvalue weighted by molar-refractivity contribution is 5.77. The van der Waals surface area contributed by atoms with Gasteiger partial charge in [-0.1, -0.05) is 26.0 Å². The Morgan fingerprint density at radius 1 is 1.38 bits per heavy atom. The van der Waals surface area contributed by atoms with Crippen LogP contribution in [0.2, 0.25) is 0 Å². The number of nitrogens with one attached hydrogen (secondary N) is 2. The van der Waals surface area contributed by atoms with Crippen molar-refractivity contribution in [1.82, 2.24) is 10.6 Å². The third kappa shape index (κ3) is 6.63. The normalized spacial score (nSPS) is 14.2. The fraction of sp³-hybridized carbons (Fsp3) is 0.588. The van der Waals surface area contributed by atoms with Gasteiger partial charge in [-0.05, 0) is 48.9 Å². The number of hydrogen-bond donors (Lipinski definition) is 2. The van der Waals surface area contributed by atoms with Crippen LogP contribution in [0.25, 0.3) is 0 Å². The zero-order valence-electron chi connectivity index (χ0n) is 13.0. The molecule has 1 aliphatic carbocycles. The van der Waals surface area contributed by atoms with Crippen LogP contribution >= 0.6 is 0 Å². The predicted octanol–water partition coefficient (Wildman–Crippen LogP) is 2.34. The largest absolute Gasteiger partial charge is 0.484 e. The van der Waals surface area contributed by atoms with Crippen LogP contribution in [-0.4, -0.2) is 25.6 Å². The molecule has 1 amide bonds. The van der Waals surface area contributed by atoms with E-state index in [1.807, 2.05) is 18.2 Å². The summed E-state index contributed by atoms with van der Waals surface area (Å²) in [6.07, 6.45) is 2.49. The molecule has 2 N–H and O–H groups in total. The van der Waals surface area contributed by atoms with E-state index in [-0.39, 0.29) is 12.5 Å². The molecule has 0 unspecified atom stereocenters.